The third-order valence-electron chi connectivity index (χ3n) is 3.95. The van der Waals surface area contributed by atoms with E-state index in [-0.39, 0.29) is 5.91 Å². The van der Waals surface area contributed by atoms with Gasteiger partial charge in [-0.05, 0) is 48.9 Å². The standard InChI is InChI=1S/C21H22N2O2/c1-16-8-10-20(11-9-16)23(15-21-7-4-12-25-21)14-18-5-3-6-19(13-18)22-17(2)24/h3-13H,14-15H2,1-2H3,(H,22,24). The number of amides is 1. The van der Waals surface area contributed by atoms with Gasteiger partial charge < -0.3 is 14.6 Å². The Morgan fingerprint density at radius 1 is 1.04 bits per heavy atom. The molecule has 0 unspecified atom stereocenters. The van der Waals surface area contributed by atoms with E-state index in [9.17, 15) is 4.79 Å². The zero-order valence-corrected chi connectivity index (χ0v) is 14.5. The van der Waals surface area contributed by atoms with E-state index in [0.717, 1.165) is 29.2 Å². The van der Waals surface area contributed by atoms with E-state index in [4.69, 9.17) is 4.42 Å². The van der Waals surface area contributed by atoms with Gasteiger partial charge in [-0.3, -0.25) is 4.79 Å². The van der Waals surface area contributed by atoms with Crippen molar-refractivity contribution in [3.05, 3.63) is 83.8 Å². The lowest BCUT2D eigenvalue weighted by atomic mass is 10.1. The quantitative estimate of drug-likeness (QED) is 0.707. The minimum Gasteiger partial charge on any atom is -0.467 e. The minimum absolute atomic E-state index is 0.0665. The van der Waals surface area contributed by atoms with Crippen LogP contribution in [0.15, 0.2) is 71.3 Å². The van der Waals surface area contributed by atoms with Crippen molar-refractivity contribution < 1.29 is 9.21 Å². The zero-order chi connectivity index (χ0) is 17.6. The van der Waals surface area contributed by atoms with Crippen molar-refractivity contribution in [2.24, 2.45) is 0 Å². The van der Waals surface area contributed by atoms with E-state index < -0.39 is 0 Å². The molecule has 2 aromatic carbocycles. The highest BCUT2D eigenvalue weighted by Crippen LogP contribution is 2.22. The van der Waals surface area contributed by atoms with Crippen LogP contribution in [-0.2, 0) is 17.9 Å². The molecule has 0 saturated carbocycles. The van der Waals surface area contributed by atoms with Crippen LogP contribution in [0.2, 0.25) is 0 Å². The van der Waals surface area contributed by atoms with Gasteiger partial charge in [-0.25, -0.2) is 0 Å². The van der Waals surface area contributed by atoms with Gasteiger partial charge in [0.05, 0.1) is 12.8 Å². The van der Waals surface area contributed by atoms with Gasteiger partial charge in [-0.15, -0.1) is 0 Å². The number of benzene rings is 2. The number of carbonyl (C=O) groups is 1. The molecule has 0 saturated heterocycles. The van der Waals surface area contributed by atoms with Crippen LogP contribution in [-0.4, -0.2) is 5.91 Å². The number of aryl methyl sites for hydroxylation is 1. The summed E-state index contributed by atoms with van der Waals surface area (Å²) in [6, 6.07) is 20.3. The molecular formula is C21H22N2O2. The first-order valence-corrected chi connectivity index (χ1v) is 8.31. The van der Waals surface area contributed by atoms with Gasteiger partial charge in [-0.1, -0.05) is 29.8 Å². The molecule has 1 amide bonds. The number of hydrogen-bond acceptors (Lipinski definition) is 3. The molecule has 0 radical (unpaired) electrons. The summed E-state index contributed by atoms with van der Waals surface area (Å²) in [5.74, 6) is 0.849. The molecular weight excluding hydrogens is 312 g/mol. The number of anilines is 2. The molecule has 0 bridgehead atoms. The fourth-order valence-corrected chi connectivity index (χ4v) is 2.76. The average molecular weight is 334 g/mol. The van der Waals surface area contributed by atoms with Crippen LogP contribution in [0.4, 0.5) is 11.4 Å². The fourth-order valence-electron chi connectivity index (χ4n) is 2.76. The molecule has 0 spiro atoms. The van der Waals surface area contributed by atoms with Crippen molar-refractivity contribution in [3.63, 3.8) is 0 Å². The van der Waals surface area contributed by atoms with E-state index in [1.165, 1.54) is 12.5 Å². The molecule has 0 aliphatic carbocycles. The molecule has 1 aromatic heterocycles. The highest BCUT2D eigenvalue weighted by Gasteiger charge is 2.11. The third-order valence-corrected chi connectivity index (χ3v) is 3.95. The smallest absolute Gasteiger partial charge is 0.221 e. The third kappa shape index (κ3) is 4.73. The Kier molecular flexibility index (Phi) is 5.19. The lowest BCUT2D eigenvalue weighted by Gasteiger charge is -2.24. The highest BCUT2D eigenvalue weighted by molar-refractivity contribution is 5.88. The summed E-state index contributed by atoms with van der Waals surface area (Å²) in [6.45, 7) is 5.00. The Morgan fingerprint density at radius 2 is 1.84 bits per heavy atom. The van der Waals surface area contributed by atoms with Crippen molar-refractivity contribution in [2.75, 3.05) is 10.2 Å². The number of nitrogens with zero attached hydrogens (tertiary/aromatic N) is 1. The molecule has 3 aromatic rings. The van der Waals surface area contributed by atoms with Crippen molar-refractivity contribution in [1.29, 1.82) is 0 Å². The van der Waals surface area contributed by atoms with E-state index >= 15 is 0 Å². The molecule has 1 heterocycles. The summed E-state index contributed by atoms with van der Waals surface area (Å²) in [5.41, 5.74) is 4.30. The van der Waals surface area contributed by atoms with Crippen LogP contribution in [0.1, 0.15) is 23.8 Å². The summed E-state index contributed by atoms with van der Waals surface area (Å²) in [4.78, 5) is 13.5. The molecule has 0 fully saturated rings. The highest BCUT2D eigenvalue weighted by atomic mass is 16.3. The molecule has 0 atom stereocenters. The van der Waals surface area contributed by atoms with E-state index in [1.807, 2.05) is 30.3 Å². The SMILES string of the molecule is CC(=O)Nc1cccc(CN(Cc2ccco2)c2ccc(C)cc2)c1. The fraction of sp³-hybridized carbons (Fsp3) is 0.190. The van der Waals surface area contributed by atoms with Crippen LogP contribution in [0.5, 0.6) is 0 Å². The van der Waals surface area contributed by atoms with Gasteiger partial charge in [0.2, 0.25) is 5.91 Å². The maximum absolute atomic E-state index is 11.3. The second kappa shape index (κ2) is 7.71. The van der Waals surface area contributed by atoms with Gasteiger partial charge >= 0.3 is 0 Å². The Balaban J connectivity index is 1.84. The normalized spacial score (nSPS) is 10.5. The summed E-state index contributed by atoms with van der Waals surface area (Å²) in [5, 5.41) is 2.84. The molecule has 4 heteroatoms. The Bertz CT molecular complexity index is 823. The van der Waals surface area contributed by atoms with Gasteiger partial charge in [0.15, 0.2) is 0 Å². The largest absolute Gasteiger partial charge is 0.467 e. The Hall–Kier alpha value is -3.01. The lowest BCUT2D eigenvalue weighted by Crippen LogP contribution is -2.22. The van der Waals surface area contributed by atoms with Crippen LogP contribution in [0.25, 0.3) is 0 Å². The van der Waals surface area contributed by atoms with Crippen LogP contribution >= 0.6 is 0 Å². The summed E-state index contributed by atoms with van der Waals surface area (Å²) >= 11 is 0. The number of carbonyl (C=O) groups excluding carboxylic acids is 1. The predicted molar refractivity (Wildman–Crippen MR) is 101 cm³/mol. The summed E-state index contributed by atoms with van der Waals surface area (Å²) < 4.78 is 5.52. The van der Waals surface area contributed by atoms with Crippen molar-refractivity contribution in [1.82, 2.24) is 0 Å². The Labute approximate surface area is 148 Å². The van der Waals surface area contributed by atoms with Gasteiger partial charge in [0.1, 0.15) is 5.76 Å². The first-order chi connectivity index (χ1) is 12.1. The maximum atomic E-state index is 11.3. The van der Waals surface area contributed by atoms with E-state index in [1.54, 1.807) is 6.26 Å². The summed E-state index contributed by atoms with van der Waals surface area (Å²) in [7, 11) is 0. The van der Waals surface area contributed by atoms with Crippen LogP contribution in [0.3, 0.4) is 0 Å². The summed E-state index contributed by atoms with van der Waals surface area (Å²) in [6.07, 6.45) is 1.69. The number of rotatable bonds is 6. The molecule has 0 aliphatic rings. The molecule has 1 N–H and O–H groups in total. The second-order valence-electron chi connectivity index (χ2n) is 6.15. The topological polar surface area (TPSA) is 45.5 Å². The molecule has 0 aliphatic heterocycles. The maximum Gasteiger partial charge on any atom is 0.221 e. The van der Waals surface area contributed by atoms with Crippen molar-refractivity contribution in [2.45, 2.75) is 26.9 Å². The first-order valence-electron chi connectivity index (χ1n) is 8.31. The van der Waals surface area contributed by atoms with Crippen molar-refractivity contribution >= 4 is 17.3 Å². The monoisotopic (exact) mass is 334 g/mol. The minimum atomic E-state index is -0.0665. The molecule has 4 nitrogen and oxygen atoms in total. The second-order valence-corrected chi connectivity index (χ2v) is 6.15. The molecule has 25 heavy (non-hydrogen) atoms. The van der Waals surface area contributed by atoms with Crippen LogP contribution in [0, 0.1) is 6.92 Å². The van der Waals surface area contributed by atoms with Crippen LogP contribution < -0.4 is 10.2 Å². The van der Waals surface area contributed by atoms with Gasteiger partial charge in [0.25, 0.3) is 0 Å². The van der Waals surface area contributed by atoms with Crippen molar-refractivity contribution in [3.8, 4) is 0 Å². The van der Waals surface area contributed by atoms with E-state index in [2.05, 4.69) is 47.5 Å². The predicted octanol–water partition coefficient (Wildman–Crippen LogP) is 4.75. The molecule has 128 valence electrons. The Morgan fingerprint density at radius 3 is 2.52 bits per heavy atom. The van der Waals surface area contributed by atoms with E-state index in [0.29, 0.717) is 6.54 Å². The van der Waals surface area contributed by atoms with Gasteiger partial charge in [-0.2, -0.15) is 0 Å². The average Bonchev–Trinajstić information content (AvgIpc) is 3.08. The number of furan rings is 1. The zero-order valence-electron chi connectivity index (χ0n) is 14.5. The molecule has 3 rings (SSSR count). The number of hydrogen-bond donors (Lipinski definition) is 1. The first kappa shape index (κ1) is 16.8. The lowest BCUT2D eigenvalue weighted by molar-refractivity contribution is -0.114. The number of nitrogens with one attached hydrogen (secondary N) is 1. The van der Waals surface area contributed by atoms with Gasteiger partial charge in [0, 0.05) is 24.8 Å².